The molecule has 2 N–H and O–H groups in total. The molecular formula is C17H16N6O. The Balaban J connectivity index is 1.71. The summed E-state index contributed by atoms with van der Waals surface area (Å²) in [4.78, 5) is 4.31. The molecule has 4 rings (SSSR count). The zero-order chi connectivity index (χ0) is 16.5. The van der Waals surface area contributed by atoms with Crippen LogP contribution in [0.4, 0.5) is 17.2 Å². The monoisotopic (exact) mass is 320 g/mol. The maximum absolute atomic E-state index is 9.24. The second-order valence-corrected chi connectivity index (χ2v) is 5.71. The Hall–Kier alpha value is -3.27. The van der Waals surface area contributed by atoms with Crippen molar-refractivity contribution in [2.45, 2.75) is 18.9 Å². The molecule has 2 aromatic heterocycles. The molecule has 1 aromatic carbocycles. The van der Waals surface area contributed by atoms with E-state index in [0.29, 0.717) is 23.2 Å². The third kappa shape index (κ3) is 2.70. The average molecular weight is 320 g/mol. The van der Waals surface area contributed by atoms with Crippen molar-refractivity contribution < 1.29 is 4.74 Å². The van der Waals surface area contributed by atoms with Crippen LogP contribution in [0.3, 0.4) is 0 Å². The smallest absolute Gasteiger partial charge is 0.178 e. The third-order valence-corrected chi connectivity index (χ3v) is 3.88. The SMILES string of the molecule is COc1ccc(Nc2cc(NC3CC3)c3ncc(C#N)n3n2)cc1. The van der Waals surface area contributed by atoms with Crippen LogP contribution in [-0.2, 0) is 0 Å². The van der Waals surface area contributed by atoms with Crippen LogP contribution in [0.15, 0.2) is 36.5 Å². The van der Waals surface area contributed by atoms with E-state index in [-0.39, 0.29) is 0 Å². The molecule has 2 heterocycles. The van der Waals surface area contributed by atoms with Crippen LogP contribution in [0.1, 0.15) is 18.5 Å². The normalized spacial score (nSPS) is 13.5. The van der Waals surface area contributed by atoms with E-state index in [4.69, 9.17) is 4.74 Å². The van der Waals surface area contributed by atoms with E-state index >= 15 is 0 Å². The summed E-state index contributed by atoms with van der Waals surface area (Å²) < 4.78 is 6.73. The summed E-state index contributed by atoms with van der Waals surface area (Å²) in [6, 6.07) is 12.1. The van der Waals surface area contributed by atoms with Gasteiger partial charge in [-0.2, -0.15) is 9.78 Å². The Morgan fingerprint density at radius 2 is 2.08 bits per heavy atom. The summed E-state index contributed by atoms with van der Waals surface area (Å²) in [5.74, 6) is 1.44. The van der Waals surface area contributed by atoms with Crippen molar-refractivity contribution in [1.82, 2.24) is 14.6 Å². The van der Waals surface area contributed by atoms with Gasteiger partial charge in [0.15, 0.2) is 17.2 Å². The van der Waals surface area contributed by atoms with Gasteiger partial charge in [-0.05, 0) is 37.1 Å². The fraction of sp³-hybridized carbons (Fsp3) is 0.235. The van der Waals surface area contributed by atoms with Gasteiger partial charge in [-0.15, -0.1) is 5.10 Å². The maximum Gasteiger partial charge on any atom is 0.178 e. The highest BCUT2D eigenvalue weighted by molar-refractivity contribution is 5.73. The molecule has 0 atom stereocenters. The van der Waals surface area contributed by atoms with Gasteiger partial charge < -0.3 is 15.4 Å². The van der Waals surface area contributed by atoms with E-state index in [9.17, 15) is 5.26 Å². The minimum atomic E-state index is 0.405. The molecule has 1 fully saturated rings. The van der Waals surface area contributed by atoms with Gasteiger partial charge in [-0.3, -0.25) is 0 Å². The number of nitriles is 1. The largest absolute Gasteiger partial charge is 0.497 e. The number of benzene rings is 1. The number of ether oxygens (including phenoxy) is 1. The molecule has 0 aliphatic heterocycles. The lowest BCUT2D eigenvalue weighted by atomic mass is 10.3. The zero-order valence-electron chi connectivity index (χ0n) is 13.2. The first kappa shape index (κ1) is 14.3. The van der Waals surface area contributed by atoms with Crippen LogP contribution < -0.4 is 15.4 Å². The summed E-state index contributed by atoms with van der Waals surface area (Å²) in [5.41, 5.74) is 2.84. The number of methoxy groups -OCH3 is 1. The first-order valence-electron chi connectivity index (χ1n) is 7.73. The van der Waals surface area contributed by atoms with Crippen LogP contribution in [0.2, 0.25) is 0 Å². The molecule has 0 unspecified atom stereocenters. The summed E-state index contributed by atoms with van der Waals surface area (Å²) in [7, 11) is 1.64. The first-order valence-corrected chi connectivity index (χ1v) is 7.73. The molecule has 24 heavy (non-hydrogen) atoms. The second kappa shape index (κ2) is 5.74. The van der Waals surface area contributed by atoms with E-state index < -0.39 is 0 Å². The molecule has 0 amide bonds. The molecule has 3 aromatic rings. The summed E-state index contributed by atoms with van der Waals surface area (Å²) in [6.45, 7) is 0. The van der Waals surface area contributed by atoms with Crippen molar-refractivity contribution >= 4 is 22.8 Å². The average Bonchev–Trinajstić information content (AvgIpc) is 3.32. The topological polar surface area (TPSA) is 87.3 Å². The lowest BCUT2D eigenvalue weighted by Gasteiger charge is -2.11. The number of aromatic nitrogens is 3. The highest BCUT2D eigenvalue weighted by Gasteiger charge is 2.23. The predicted molar refractivity (Wildman–Crippen MR) is 90.6 cm³/mol. The molecule has 1 aliphatic carbocycles. The van der Waals surface area contributed by atoms with E-state index in [1.165, 1.54) is 6.20 Å². The highest BCUT2D eigenvalue weighted by atomic mass is 16.5. The summed E-state index contributed by atoms with van der Waals surface area (Å²) >= 11 is 0. The number of hydrogen-bond donors (Lipinski definition) is 2. The van der Waals surface area contributed by atoms with Gasteiger partial charge in [0, 0.05) is 17.8 Å². The van der Waals surface area contributed by atoms with Gasteiger partial charge >= 0.3 is 0 Å². The maximum atomic E-state index is 9.24. The fourth-order valence-electron chi connectivity index (χ4n) is 2.48. The van der Waals surface area contributed by atoms with Crippen LogP contribution in [-0.4, -0.2) is 27.7 Å². The van der Waals surface area contributed by atoms with E-state index in [1.807, 2.05) is 30.3 Å². The Morgan fingerprint density at radius 3 is 2.75 bits per heavy atom. The van der Waals surface area contributed by atoms with Gasteiger partial charge in [0.2, 0.25) is 0 Å². The minimum absolute atomic E-state index is 0.405. The molecule has 1 saturated carbocycles. The van der Waals surface area contributed by atoms with Crippen molar-refractivity contribution in [1.29, 1.82) is 5.26 Å². The molecule has 0 saturated heterocycles. The van der Waals surface area contributed by atoms with Crippen LogP contribution in [0, 0.1) is 11.3 Å². The third-order valence-electron chi connectivity index (χ3n) is 3.88. The van der Waals surface area contributed by atoms with Crippen molar-refractivity contribution in [3.05, 3.63) is 42.2 Å². The summed E-state index contributed by atoms with van der Waals surface area (Å²) in [5, 5.41) is 20.4. The summed E-state index contributed by atoms with van der Waals surface area (Å²) in [6.07, 6.45) is 3.85. The van der Waals surface area contributed by atoms with Crippen molar-refractivity contribution in [3.8, 4) is 11.8 Å². The number of rotatable bonds is 5. The quantitative estimate of drug-likeness (QED) is 0.751. The zero-order valence-corrected chi connectivity index (χ0v) is 13.2. The lowest BCUT2D eigenvalue weighted by Crippen LogP contribution is -2.07. The standard InChI is InChI=1S/C17H16N6O/c1-24-14-6-4-12(5-7-14)21-16-8-15(20-11-2-3-11)17-19-10-13(9-18)23(17)22-16/h4-8,10-11,20H,2-3H2,1H3,(H,21,22). The fourth-order valence-corrected chi connectivity index (χ4v) is 2.48. The molecule has 7 heteroatoms. The number of nitrogens with zero attached hydrogens (tertiary/aromatic N) is 4. The Bertz CT molecular complexity index is 921. The van der Waals surface area contributed by atoms with E-state index in [0.717, 1.165) is 30.0 Å². The Kier molecular flexibility index (Phi) is 3.43. The van der Waals surface area contributed by atoms with Crippen molar-refractivity contribution in [2.75, 3.05) is 17.7 Å². The Morgan fingerprint density at radius 1 is 1.29 bits per heavy atom. The van der Waals surface area contributed by atoms with Crippen LogP contribution in [0.5, 0.6) is 5.75 Å². The number of hydrogen-bond acceptors (Lipinski definition) is 6. The van der Waals surface area contributed by atoms with Gasteiger partial charge in [-0.25, -0.2) is 4.98 Å². The Labute approximate surface area is 138 Å². The van der Waals surface area contributed by atoms with E-state index in [1.54, 1.807) is 11.6 Å². The van der Waals surface area contributed by atoms with Crippen molar-refractivity contribution in [2.24, 2.45) is 0 Å². The number of anilines is 3. The number of imidazole rings is 1. The molecule has 0 bridgehead atoms. The van der Waals surface area contributed by atoms with Gasteiger partial charge in [0.25, 0.3) is 0 Å². The van der Waals surface area contributed by atoms with Gasteiger partial charge in [-0.1, -0.05) is 0 Å². The molecule has 7 nitrogen and oxygen atoms in total. The van der Waals surface area contributed by atoms with Gasteiger partial charge in [0.1, 0.15) is 11.8 Å². The number of nitrogens with one attached hydrogen (secondary N) is 2. The molecule has 120 valence electrons. The molecular weight excluding hydrogens is 304 g/mol. The number of fused-ring (bicyclic) bond motifs is 1. The van der Waals surface area contributed by atoms with E-state index in [2.05, 4.69) is 26.8 Å². The van der Waals surface area contributed by atoms with Gasteiger partial charge in [0.05, 0.1) is 19.0 Å². The lowest BCUT2D eigenvalue weighted by molar-refractivity contribution is 0.415. The first-order chi connectivity index (χ1) is 11.8. The molecule has 1 aliphatic rings. The van der Waals surface area contributed by atoms with Crippen LogP contribution in [0.25, 0.3) is 5.65 Å². The highest BCUT2D eigenvalue weighted by Crippen LogP contribution is 2.29. The molecule has 0 spiro atoms. The van der Waals surface area contributed by atoms with Crippen molar-refractivity contribution in [3.63, 3.8) is 0 Å². The minimum Gasteiger partial charge on any atom is -0.497 e. The second-order valence-electron chi connectivity index (χ2n) is 5.71. The molecule has 0 radical (unpaired) electrons. The predicted octanol–water partition coefficient (Wildman–Crippen LogP) is 2.93. The van der Waals surface area contributed by atoms with Crippen LogP contribution >= 0.6 is 0 Å².